The van der Waals surface area contributed by atoms with Crippen molar-refractivity contribution in [3.8, 4) is 0 Å². The lowest BCUT2D eigenvalue weighted by molar-refractivity contribution is 0.711. The van der Waals surface area contributed by atoms with Crippen LogP contribution in [-0.2, 0) is 0 Å². The highest BCUT2D eigenvalue weighted by atomic mass is 31.1. The Hall–Kier alpha value is -1.05. The van der Waals surface area contributed by atoms with Crippen molar-refractivity contribution in [2.75, 3.05) is 13.1 Å². The number of rotatable bonds is 10. The molecular weight excluding hydrogens is 253 g/mol. The van der Waals surface area contributed by atoms with E-state index in [2.05, 4.69) is 49.9 Å². The van der Waals surface area contributed by atoms with Gasteiger partial charge in [-0.1, -0.05) is 48.1 Å². The van der Waals surface area contributed by atoms with E-state index < -0.39 is 0 Å². The Morgan fingerprint density at radius 3 is 2.74 bits per heavy atom. The molecule has 0 aromatic rings. The molecule has 108 valence electrons. The second kappa shape index (κ2) is 12.0. The summed E-state index contributed by atoms with van der Waals surface area (Å²) in [6.45, 7) is 12.4. The molecule has 0 bridgehead atoms. The number of nitrogens with two attached hydrogens (primary N) is 1. The predicted molar refractivity (Wildman–Crippen MR) is 89.4 cm³/mol. The summed E-state index contributed by atoms with van der Waals surface area (Å²) in [5.74, 6) is 2.06. The maximum atomic E-state index is 5.97. The van der Waals surface area contributed by atoms with Crippen LogP contribution < -0.4 is 16.4 Å². The van der Waals surface area contributed by atoms with Crippen LogP contribution >= 0.6 is 8.58 Å². The highest BCUT2D eigenvalue weighted by molar-refractivity contribution is 7.42. The van der Waals surface area contributed by atoms with Crippen molar-refractivity contribution in [3.05, 3.63) is 48.2 Å². The maximum Gasteiger partial charge on any atom is 0.0549 e. The van der Waals surface area contributed by atoms with E-state index in [4.69, 9.17) is 5.73 Å². The molecule has 0 saturated carbocycles. The molecule has 2 unspecified atom stereocenters. The zero-order chi connectivity index (χ0) is 14.5. The van der Waals surface area contributed by atoms with Gasteiger partial charge < -0.3 is 16.4 Å². The topological polar surface area (TPSA) is 50.1 Å². The smallest absolute Gasteiger partial charge is 0.0549 e. The van der Waals surface area contributed by atoms with E-state index >= 15 is 0 Å². The first-order valence-electron chi connectivity index (χ1n) is 6.81. The van der Waals surface area contributed by atoms with Crippen molar-refractivity contribution < 1.29 is 0 Å². The summed E-state index contributed by atoms with van der Waals surface area (Å²) in [6.07, 6.45) is 8.92. The fraction of sp³-hybridized carbons (Fsp3) is 0.467. The molecule has 2 atom stereocenters. The summed E-state index contributed by atoms with van der Waals surface area (Å²) < 4.78 is 0. The average molecular weight is 281 g/mol. The molecule has 4 N–H and O–H groups in total. The van der Waals surface area contributed by atoms with Crippen LogP contribution in [0.15, 0.2) is 48.2 Å². The molecule has 0 rings (SSSR count). The van der Waals surface area contributed by atoms with Gasteiger partial charge in [-0.05, 0) is 30.5 Å². The molecule has 0 aliphatic rings. The van der Waals surface area contributed by atoms with E-state index in [-0.39, 0.29) is 0 Å². The Morgan fingerprint density at radius 2 is 2.11 bits per heavy atom. The van der Waals surface area contributed by atoms with Crippen molar-refractivity contribution in [1.29, 1.82) is 0 Å². The Kier molecular flexibility index (Phi) is 11.3. The Bertz CT molecular complexity index is 332. The minimum Gasteiger partial charge on any atom is -0.397 e. The van der Waals surface area contributed by atoms with Gasteiger partial charge in [0.05, 0.1) is 11.4 Å². The second-order valence-corrected chi connectivity index (χ2v) is 5.90. The SMILES string of the molecule is C=C(N/C=C\C=C/CC)/C(N)=C\PC(C)CNCC. The Morgan fingerprint density at radius 1 is 1.37 bits per heavy atom. The molecule has 0 heterocycles. The van der Waals surface area contributed by atoms with Gasteiger partial charge in [-0.2, -0.15) is 0 Å². The molecule has 3 nitrogen and oxygen atoms in total. The minimum atomic E-state index is 0.606. The number of nitrogens with one attached hydrogen (secondary N) is 2. The lowest BCUT2D eigenvalue weighted by atomic mass is 10.4. The van der Waals surface area contributed by atoms with Crippen LogP contribution in [0.3, 0.4) is 0 Å². The van der Waals surface area contributed by atoms with Gasteiger partial charge in [0.25, 0.3) is 0 Å². The van der Waals surface area contributed by atoms with Crippen LogP contribution in [-0.4, -0.2) is 18.7 Å². The van der Waals surface area contributed by atoms with Gasteiger partial charge in [-0.3, -0.25) is 0 Å². The van der Waals surface area contributed by atoms with E-state index in [1.54, 1.807) is 0 Å². The maximum absolute atomic E-state index is 5.97. The van der Waals surface area contributed by atoms with Gasteiger partial charge in [0.2, 0.25) is 0 Å². The molecule has 0 spiro atoms. The van der Waals surface area contributed by atoms with Crippen LogP contribution in [0, 0.1) is 0 Å². The molecular formula is C15H28N3P. The number of allylic oxidation sites excluding steroid dienone is 3. The van der Waals surface area contributed by atoms with E-state index in [9.17, 15) is 0 Å². The molecule has 0 aromatic heterocycles. The predicted octanol–water partition coefficient (Wildman–Crippen LogP) is 3.05. The van der Waals surface area contributed by atoms with Crippen molar-refractivity contribution >= 4 is 8.58 Å². The third-order valence-corrected chi connectivity index (χ3v) is 3.66. The molecule has 0 aliphatic heterocycles. The van der Waals surface area contributed by atoms with E-state index in [1.807, 2.05) is 18.4 Å². The van der Waals surface area contributed by atoms with Gasteiger partial charge in [-0.25, -0.2) is 0 Å². The fourth-order valence-electron chi connectivity index (χ4n) is 1.24. The van der Waals surface area contributed by atoms with Gasteiger partial charge in [0.1, 0.15) is 0 Å². The highest BCUT2D eigenvalue weighted by Gasteiger charge is 2.00. The fourth-order valence-corrected chi connectivity index (χ4v) is 2.14. The molecule has 0 fully saturated rings. The van der Waals surface area contributed by atoms with Gasteiger partial charge in [-0.15, -0.1) is 0 Å². The van der Waals surface area contributed by atoms with Crippen molar-refractivity contribution in [2.45, 2.75) is 32.9 Å². The van der Waals surface area contributed by atoms with Crippen LogP contribution in [0.5, 0.6) is 0 Å². The average Bonchev–Trinajstić information content (AvgIpc) is 2.41. The van der Waals surface area contributed by atoms with Gasteiger partial charge in [0, 0.05) is 12.7 Å². The largest absolute Gasteiger partial charge is 0.397 e. The minimum absolute atomic E-state index is 0.606. The van der Waals surface area contributed by atoms with E-state index in [1.165, 1.54) is 0 Å². The van der Waals surface area contributed by atoms with Crippen LogP contribution in [0.1, 0.15) is 27.2 Å². The van der Waals surface area contributed by atoms with Crippen LogP contribution in [0.4, 0.5) is 0 Å². The third-order valence-electron chi connectivity index (χ3n) is 2.41. The second-order valence-electron chi connectivity index (χ2n) is 4.29. The Balaban J connectivity index is 4.03. The lowest BCUT2D eigenvalue weighted by Gasteiger charge is -2.11. The first-order valence-corrected chi connectivity index (χ1v) is 7.97. The lowest BCUT2D eigenvalue weighted by Crippen LogP contribution is -2.21. The molecule has 0 aliphatic carbocycles. The normalized spacial score (nSPS) is 14.8. The Labute approximate surface area is 119 Å². The zero-order valence-corrected chi connectivity index (χ0v) is 13.4. The van der Waals surface area contributed by atoms with Crippen LogP contribution in [0.25, 0.3) is 0 Å². The monoisotopic (exact) mass is 281 g/mol. The van der Waals surface area contributed by atoms with Gasteiger partial charge in [0.15, 0.2) is 0 Å². The van der Waals surface area contributed by atoms with E-state index in [0.717, 1.165) is 30.9 Å². The molecule has 0 saturated heterocycles. The van der Waals surface area contributed by atoms with Crippen molar-refractivity contribution in [1.82, 2.24) is 10.6 Å². The third kappa shape index (κ3) is 10.5. The summed E-state index contributed by atoms with van der Waals surface area (Å²) >= 11 is 0. The molecule has 4 heteroatoms. The summed E-state index contributed by atoms with van der Waals surface area (Å²) in [5.41, 5.74) is 8.06. The molecule has 19 heavy (non-hydrogen) atoms. The van der Waals surface area contributed by atoms with Crippen molar-refractivity contribution in [3.63, 3.8) is 0 Å². The highest BCUT2D eigenvalue weighted by Crippen LogP contribution is 2.21. The van der Waals surface area contributed by atoms with Crippen molar-refractivity contribution in [2.24, 2.45) is 5.73 Å². The number of hydrogen-bond donors (Lipinski definition) is 3. The zero-order valence-electron chi connectivity index (χ0n) is 12.4. The van der Waals surface area contributed by atoms with Crippen LogP contribution in [0.2, 0.25) is 0 Å². The summed E-state index contributed by atoms with van der Waals surface area (Å²) in [7, 11) is 0.706. The first kappa shape index (κ1) is 17.9. The van der Waals surface area contributed by atoms with E-state index in [0.29, 0.717) is 14.2 Å². The standard InChI is InChI=1S/C15H28N3P/c1-5-7-8-9-10-18-14(4)15(16)12-19-13(3)11-17-6-2/h7-10,12-13,17-19H,4-6,11,16H2,1-3H3/b8-7-,10-9-,15-12+. The quantitative estimate of drug-likeness (QED) is 0.426. The van der Waals surface area contributed by atoms with Gasteiger partial charge >= 0.3 is 0 Å². The molecule has 0 radical (unpaired) electrons. The summed E-state index contributed by atoms with van der Waals surface area (Å²) in [4.78, 5) is 0. The number of hydrogen-bond acceptors (Lipinski definition) is 3. The molecule has 0 amide bonds. The summed E-state index contributed by atoms with van der Waals surface area (Å²) in [5, 5.41) is 6.41. The first-order chi connectivity index (χ1) is 9.11. The molecule has 0 aromatic carbocycles. The summed E-state index contributed by atoms with van der Waals surface area (Å²) in [6, 6.07) is 0.